The Morgan fingerprint density at radius 1 is 1.21 bits per heavy atom. The summed E-state index contributed by atoms with van der Waals surface area (Å²) >= 11 is 5.70. The lowest BCUT2D eigenvalue weighted by Gasteiger charge is -2.06. The lowest BCUT2D eigenvalue weighted by Crippen LogP contribution is -2.10. The largest absolute Gasteiger partial charge is 0.506 e. The van der Waals surface area contributed by atoms with Gasteiger partial charge in [-0.1, -0.05) is 50.6 Å². The SMILES string of the molecule is CCCCCCCCC(=O)Nc1ccc(Cl)c(O)c1. The minimum Gasteiger partial charge on any atom is -0.506 e. The van der Waals surface area contributed by atoms with Gasteiger partial charge in [0.15, 0.2) is 0 Å². The zero-order valence-electron chi connectivity index (χ0n) is 11.4. The van der Waals surface area contributed by atoms with Crippen molar-refractivity contribution in [1.29, 1.82) is 0 Å². The maximum Gasteiger partial charge on any atom is 0.224 e. The van der Waals surface area contributed by atoms with Crippen LogP contribution < -0.4 is 5.32 Å². The lowest BCUT2D eigenvalue weighted by atomic mass is 10.1. The number of amides is 1. The number of carbonyl (C=O) groups excluding carboxylic acids is 1. The maximum absolute atomic E-state index is 11.7. The molecule has 0 unspecified atom stereocenters. The summed E-state index contributed by atoms with van der Waals surface area (Å²) in [5.74, 6) is -0.0313. The van der Waals surface area contributed by atoms with E-state index in [-0.39, 0.29) is 16.7 Å². The normalized spacial score (nSPS) is 10.4. The molecule has 0 saturated heterocycles. The number of nitrogens with one attached hydrogen (secondary N) is 1. The van der Waals surface area contributed by atoms with Crippen molar-refractivity contribution in [1.82, 2.24) is 0 Å². The number of carbonyl (C=O) groups is 1. The van der Waals surface area contributed by atoms with E-state index in [0.717, 1.165) is 12.8 Å². The quantitative estimate of drug-likeness (QED) is 0.677. The van der Waals surface area contributed by atoms with Crippen LogP contribution in [0.5, 0.6) is 5.75 Å². The van der Waals surface area contributed by atoms with Crippen LogP contribution in [0.3, 0.4) is 0 Å². The third-order valence-corrected chi connectivity index (χ3v) is 3.31. The minimum absolute atomic E-state index is 0.0148. The van der Waals surface area contributed by atoms with E-state index >= 15 is 0 Å². The topological polar surface area (TPSA) is 49.3 Å². The van der Waals surface area contributed by atoms with E-state index in [1.807, 2.05) is 0 Å². The molecule has 4 heteroatoms. The highest BCUT2D eigenvalue weighted by molar-refractivity contribution is 6.32. The molecule has 0 aliphatic rings. The first-order valence-electron chi connectivity index (χ1n) is 6.92. The molecule has 106 valence electrons. The molecule has 1 rings (SSSR count). The van der Waals surface area contributed by atoms with Crippen LogP contribution in [0.2, 0.25) is 5.02 Å². The van der Waals surface area contributed by atoms with Crippen molar-refractivity contribution >= 4 is 23.2 Å². The fraction of sp³-hybridized carbons (Fsp3) is 0.533. The summed E-state index contributed by atoms with van der Waals surface area (Å²) in [5.41, 5.74) is 0.581. The van der Waals surface area contributed by atoms with Gasteiger partial charge in [0.1, 0.15) is 5.75 Å². The van der Waals surface area contributed by atoms with E-state index in [9.17, 15) is 9.90 Å². The molecule has 0 saturated carbocycles. The zero-order valence-corrected chi connectivity index (χ0v) is 12.2. The van der Waals surface area contributed by atoms with Gasteiger partial charge in [-0.3, -0.25) is 4.79 Å². The fourth-order valence-electron chi connectivity index (χ4n) is 1.88. The third-order valence-electron chi connectivity index (χ3n) is 2.99. The van der Waals surface area contributed by atoms with Crippen LogP contribution in [0.4, 0.5) is 5.69 Å². The van der Waals surface area contributed by atoms with Crippen molar-refractivity contribution in [3.63, 3.8) is 0 Å². The standard InChI is InChI=1S/C15H22ClNO2/c1-2-3-4-5-6-7-8-15(19)17-12-9-10-13(16)14(18)11-12/h9-11,18H,2-8H2,1H3,(H,17,19). The molecule has 0 aliphatic heterocycles. The van der Waals surface area contributed by atoms with Gasteiger partial charge in [0.25, 0.3) is 0 Å². The van der Waals surface area contributed by atoms with Crippen molar-refractivity contribution in [3.05, 3.63) is 23.2 Å². The van der Waals surface area contributed by atoms with E-state index in [2.05, 4.69) is 12.2 Å². The van der Waals surface area contributed by atoms with E-state index in [0.29, 0.717) is 12.1 Å². The minimum atomic E-state index is -0.0165. The fourth-order valence-corrected chi connectivity index (χ4v) is 2.00. The van der Waals surface area contributed by atoms with Crippen molar-refractivity contribution in [2.45, 2.75) is 51.9 Å². The Bertz CT molecular complexity index is 407. The van der Waals surface area contributed by atoms with Crippen LogP contribution in [0.1, 0.15) is 51.9 Å². The molecule has 3 nitrogen and oxygen atoms in total. The first-order valence-corrected chi connectivity index (χ1v) is 7.29. The van der Waals surface area contributed by atoms with Crippen molar-refractivity contribution < 1.29 is 9.90 Å². The zero-order chi connectivity index (χ0) is 14.1. The molecule has 1 aromatic carbocycles. The summed E-state index contributed by atoms with van der Waals surface area (Å²) in [5, 5.41) is 12.5. The number of rotatable bonds is 8. The van der Waals surface area contributed by atoms with E-state index in [1.54, 1.807) is 12.1 Å². The molecule has 0 fully saturated rings. The van der Waals surface area contributed by atoms with Crippen LogP contribution in [0.15, 0.2) is 18.2 Å². The molecular weight excluding hydrogens is 262 g/mol. The Kier molecular flexibility index (Phi) is 7.34. The number of anilines is 1. The second-order valence-electron chi connectivity index (χ2n) is 4.73. The predicted molar refractivity (Wildman–Crippen MR) is 79.7 cm³/mol. The smallest absolute Gasteiger partial charge is 0.224 e. The molecular formula is C15H22ClNO2. The highest BCUT2D eigenvalue weighted by Gasteiger charge is 2.04. The van der Waals surface area contributed by atoms with E-state index in [4.69, 9.17) is 11.6 Å². The molecule has 0 bridgehead atoms. The number of hydrogen-bond donors (Lipinski definition) is 2. The lowest BCUT2D eigenvalue weighted by molar-refractivity contribution is -0.116. The molecule has 2 N–H and O–H groups in total. The molecule has 0 aromatic heterocycles. The molecule has 0 spiro atoms. The number of unbranched alkanes of at least 4 members (excludes halogenated alkanes) is 5. The monoisotopic (exact) mass is 283 g/mol. The number of halogens is 1. The highest BCUT2D eigenvalue weighted by atomic mass is 35.5. The third kappa shape index (κ3) is 6.48. The maximum atomic E-state index is 11.7. The van der Waals surface area contributed by atoms with Crippen LogP contribution >= 0.6 is 11.6 Å². The summed E-state index contributed by atoms with van der Waals surface area (Å²) in [6, 6.07) is 4.71. The van der Waals surface area contributed by atoms with Crippen LogP contribution in [-0.4, -0.2) is 11.0 Å². The number of phenols is 1. The van der Waals surface area contributed by atoms with Crippen molar-refractivity contribution in [3.8, 4) is 5.75 Å². The van der Waals surface area contributed by atoms with Gasteiger partial charge >= 0.3 is 0 Å². The number of phenolic OH excluding ortho intramolecular Hbond substituents is 1. The molecule has 0 heterocycles. The van der Waals surface area contributed by atoms with Gasteiger partial charge in [-0.25, -0.2) is 0 Å². The molecule has 19 heavy (non-hydrogen) atoms. The van der Waals surface area contributed by atoms with Crippen molar-refractivity contribution in [2.24, 2.45) is 0 Å². The number of aromatic hydroxyl groups is 1. The summed E-state index contributed by atoms with van der Waals surface area (Å²) in [7, 11) is 0. The van der Waals surface area contributed by atoms with Gasteiger partial charge in [0, 0.05) is 18.2 Å². The second-order valence-corrected chi connectivity index (χ2v) is 5.14. The number of benzene rings is 1. The van der Waals surface area contributed by atoms with Crippen molar-refractivity contribution in [2.75, 3.05) is 5.32 Å². The van der Waals surface area contributed by atoms with Crippen LogP contribution in [0.25, 0.3) is 0 Å². The second kappa shape index (κ2) is 8.81. The van der Waals surface area contributed by atoms with Crippen LogP contribution in [-0.2, 0) is 4.79 Å². The van der Waals surface area contributed by atoms with Gasteiger partial charge < -0.3 is 10.4 Å². The Labute approximate surface area is 120 Å². The van der Waals surface area contributed by atoms with Gasteiger partial charge in [-0.15, -0.1) is 0 Å². The Morgan fingerprint density at radius 3 is 2.58 bits per heavy atom. The van der Waals surface area contributed by atoms with Gasteiger partial charge in [0.05, 0.1) is 5.02 Å². The predicted octanol–water partition coefficient (Wildman–Crippen LogP) is 4.73. The molecule has 1 amide bonds. The first kappa shape index (κ1) is 15.8. The highest BCUT2D eigenvalue weighted by Crippen LogP contribution is 2.26. The Balaban J connectivity index is 2.21. The van der Waals surface area contributed by atoms with Crippen LogP contribution in [0, 0.1) is 0 Å². The first-order chi connectivity index (χ1) is 9.13. The van der Waals surface area contributed by atoms with Gasteiger partial charge in [0.2, 0.25) is 5.91 Å². The molecule has 1 aromatic rings. The molecule has 0 radical (unpaired) electrons. The average Bonchev–Trinajstić information content (AvgIpc) is 2.38. The number of hydrogen-bond acceptors (Lipinski definition) is 2. The van der Waals surface area contributed by atoms with Gasteiger partial charge in [-0.05, 0) is 18.6 Å². The summed E-state index contributed by atoms with van der Waals surface area (Å²) in [4.78, 5) is 11.7. The molecule has 0 aliphatic carbocycles. The van der Waals surface area contributed by atoms with E-state index in [1.165, 1.54) is 31.7 Å². The molecule has 0 atom stereocenters. The summed E-state index contributed by atoms with van der Waals surface area (Å²) < 4.78 is 0. The Morgan fingerprint density at radius 2 is 1.89 bits per heavy atom. The van der Waals surface area contributed by atoms with E-state index < -0.39 is 0 Å². The average molecular weight is 284 g/mol. The van der Waals surface area contributed by atoms with Gasteiger partial charge in [-0.2, -0.15) is 0 Å². The Hall–Kier alpha value is -1.22. The summed E-state index contributed by atoms with van der Waals surface area (Å²) in [6.45, 7) is 2.19. The summed E-state index contributed by atoms with van der Waals surface area (Å²) in [6.07, 6.45) is 7.49.